The number of hydrogen-bond donors (Lipinski definition) is 3. The Bertz CT molecular complexity index is 1780. The van der Waals surface area contributed by atoms with Crippen LogP contribution in [-0.4, -0.2) is 41.0 Å². The molecule has 2 amide bonds. The number of fused-ring (bicyclic) bond motifs is 1. The molecule has 0 spiro atoms. The number of esters is 2. The highest BCUT2D eigenvalue weighted by Crippen LogP contribution is 2.19. The van der Waals surface area contributed by atoms with Crippen molar-refractivity contribution < 1.29 is 33.4 Å². The van der Waals surface area contributed by atoms with Crippen molar-refractivity contribution in [3.05, 3.63) is 144 Å². The van der Waals surface area contributed by atoms with Crippen LogP contribution in [-0.2, 0) is 54.8 Å². The minimum Gasteiger partial charge on any atom is -0.461 e. The second-order valence-corrected chi connectivity index (χ2v) is 10.8. The van der Waals surface area contributed by atoms with Crippen LogP contribution >= 0.6 is 0 Å². The van der Waals surface area contributed by atoms with Gasteiger partial charge in [0.15, 0.2) is 0 Å². The molecule has 0 aliphatic carbocycles. The van der Waals surface area contributed by atoms with Crippen LogP contribution in [0.25, 0.3) is 10.9 Å². The number of hydrogen-bond acceptors (Lipinski definition) is 7. The number of carbonyl (C=O) groups is 4. The maximum absolute atomic E-state index is 13.8. The Labute approximate surface area is 272 Å². The molecule has 10 nitrogen and oxygen atoms in total. The first-order valence-electron chi connectivity index (χ1n) is 15.2. The second-order valence-electron chi connectivity index (χ2n) is 10.8. The average molecular weight is 634 g/mol. The van der Waals surface area contributed by atoms with E-state index in [4.69, 9.17) is 14.2 Å². The van der Waals surface area contributed by atoms with Crippen molar-refractivity contribution in [2.45, 2.75) is 44.7 Å². The third kappa shape index (κ3) is 9.79. The number of aromatic amines is 1. The first kappa shape index (κ1) is 32.5. The average Bonchev–Trinajstić information content (AvgIpc) is 3.52. The number of rotatable bonds is 14. The van der Waals surface area contributed by atoms with Gasteiger partial charge in [0.05, 0.1) is 6.42 Å². The van der Waals surface area contributed by atoms with Crippen LogP contribution in [0.5, 0.6) is 0 Å². The zero-order valence-corrected chi connectivity index (χ0v) is 25.6. The summed E-state index contributed by atoms with van der Waals surface area (Å²) in [4.78, 5) is 56.1. The summed E-state index contributed by atoms with van der Waals surface area (Å²) in [6.07, 6.45) is 0.527. The van der Waals surface area contributed by atoms with Crippen LogP contribution in [0.4, 0.5) is 4.79 Å². The van der Waals surface area contributed by atoms with Crippen molar-refractivity contribution in [2.75, 3.05) is 0 Å². The van der Waals surface area contributed by atoms with Gasteiger partial charge < -0.3 is 29.8 Å². The molecule has 2 atom stereocenters. The zero-order chi connectivity index (χ0) is 32.8. The van der Waals surface area contributed by atoms with E-state index in [-0.39, 0.29) is 26.2 Å². The van der Waals surface area contributed by atoms with E-state index in [1.54, 1.807) is 42.6 Å². The van der Waals surface area contributed by atoms with Gasteiger partial charge in [-0.05, 0) is 28.3 Å². The van der Waals surface area contributed by atoms with E-state index < -0.39 is 42.4 Å². The maximum Gasteiger partial charge on any atom is 0.408 e. The van der Waals surface area contributed by atoms with Gasteiger partial charge in [0.25, 0.3) is 0 Å². The smallest absolute Gasteiger partial charge is 0.408 e. The van der Waals surface area contributed by atoms with Gasteiger partial charge in [0, 0.05) is 23.5 Å². The first-order chi connectivity index (χ1) is 22.9. The SMILES string of the molecule is O=C(C[C@@H](NC(=O)[C@@H](Cc1c[nH]c2ccccc12)NC(=O)OCc1ccccc1)C(=O)OCc1ccccc1)OCc1ccccc1. The van der Waals surface area contributed by atoms with Gasteiger partial charge in [-0.25, -0.2) is 9.59 Å². The third-order valence-corrected chi connectivity index (χ3v) is 7.36. The molecule has 0 unspecified atom stereocenters. The minimum absolute atomic E-state index is 0.00258. The molecule has 1 aromatic heterocycles. The van der Waals surface area contributed by atoms with Gasteiger partial charge in [0.1, 0.15) is 31.9 Å². The summed E-state index contributed by atoms with van der Waals surface area (Å²) in [7, 11) is 0. The van der Waals surface area contributed by atoms with E-state index in [2.05, 4.69) is 15.6 Å². The van der Waals surface area contributed by atoms with E-state index in [1.807, 2.05) is 78.9 Å². The zero-order valence-electron chi connectivity index (χ0n) is 25.6. The standard InChI is InChI=1S/C37H35N3O7/c41-34(45-23-26-12-4-1-5-13-26)21-33(36(43)46-24-27-14-6-2-7-15-27)39-35(42)32(20-29-22-38-31-19-11-10-18-30(29)31)40-37(44)47-25-28-16-8-3-9-17-28/h1-19,22,32-33,38H,20-21,23-25H2,(H,39,42)(H,40,44)/t32-,33-/m1/s1. The van der Waals surface area contributed by atoms with Crippen molar-refractivity contribution in [1.82, 2.24) is 15.6 Å². The van der Waals surface area contributed by atoms with Gasteiger partial charge in [-0.15, -0.1) is 0 Å². The molecule has 5 aromatic rings. The lowest BCUT2D eigenvalue weighted by Crippen LogP contribution is -2.53. The largest absolute Gasteiger partial charge is 0.461 e. The van der Waals surface area contributed by atoms with Crippen LogP contribution in [0.15, 0.2) is 121 Å². The molecule has 0 aliphatic heterocycles. The Morgan fingerprint density at radius 1 is 0.596 bits per heavy atom. The second kappa shape index (κ2) is 16.4. The number of para-hydroxylation sites is 1. The molecule has 0 fully saturated rings. The number of H-pyrrole nitrogens is 1. The molecule has 0 bridgehead atoms. The predicted molar refractivity (Wildman–Crippen MR) is 175 cm³/mol. The summed E-state index contributed by atoms with van der Waals surface area (Å²) in [6, 6.07) is 32.2. The lowest BCUT2D eigenvalue weighted by Gasteiger charge is -2.22. The fourth-order valence-corrected chi connectivity index (χ4v) is 4.90. The van der Waals surface area contributed by atoms with Crippen molar-refractivity contribution in [3.63, 3.8) is 0 Å². The number of benzene rings is 4. The quantitative estimate of drug-likeness (QED) is 0.111. The predicted octanol–water partition coefficient (Wildman–Crippen LogP) is 5.37. The summed E-state index contributed by atoms with van der Waals surface area (Å²) < 4.78 is 16.3. The molecule has 10 heteroatoms. The number of carbonyl (C=O) groups excluding carboxylic acids is 4. The minimum atomic E-state index is -1.39. The molecule has 0 radical (unpaired) electrons. The summed E-state index contributed by atoms with van der Waals surface area (Å²) >= 11 is 0. The number of alkyl carbamates (subject to hydrolysis) is 1. The van der Waals surface area contributed by atoms with E-state index in [9.17, 15) is 19.2 Å². The normalized spacial score (nSPS) is 12.0. The number of ether oxygens (including phenoxy) is 3. The Hall–Kier alpha value is -5.90. The van der Waals surface area contributed by atoms with Gasteiger partial charge >= 0.3 is 18.0 Å². The maximum atomic E-state index is 13.8. The lowest BCUT2D eigenvalue weighted by atomic mass is 10.0. The molecule has 4 aromatic carbocycles. The summed E-state index contributed by atoms with van der Waals surface area (Å²) in [6.45, 7) is -0.0683. The van der Waals surface area contributed by atoms with Gasteiger partial charge in [-0.1, -0.05) is 109 Å². The van der Waals surface area contributed by atoms with Gasteiger partial charge in [-0.3, -0.25) is 9.59 Å². The Kier molecular flexibility index (Phi) is 11.4. The highest BCUT2D eigenvalue weighted by atomic mass is 16.6. The summed E-state index contributed by atoms with van der Waals surface area (Å²) in [5.41, 5.74) is 3.89. The molecule has 0 saturated carbocycles. The molecule has 240 valence electrons. The molecular weight excluding hydrogens is 598 g/mol. The van der Waals surface area contributed by atoms with Crippen molar-refractivity contribution in [2.24, 2.45) is 0 Å². The third-order valence-electron chi connectivity index (χ3n) is 7.36. The van der Waals surface area contributed by atoms with Crippen LogP contribution in [0.3, 0.4) is 0 Å². The Morgan fingerprint density at radius 3 is 1.74 bits per heavy atom. The van der Waals surface area contributed by atoms with E-state index in [0.717, 1.165) is 33.2 Å². The monoisotopic (exact) mass is 633 g/mol. The fourth-order valence-electron chi connectivity index (χ4n) is 4.90. The summed E-state index contributed by atoms with van der Waals surface area (Å²) in [5, 5.41) is 6.13. The molecule has 5 rings (SSSR count). The fraction of sp³-hybridized carbons (Fsp3) is 0.189. The molecule has 47 heavy (non-hydrogen) atoms. The topological polar surface area (TPSA) is 136 Å². The highest BCUT2D eigenvalue weighted by molar-refractivity contribution is 5.92. The van der Waals surface area contributed by atoms with Crippen LogP contribution in [0.2, 0.25) is 0 Å². The lowest BCUT2D eigenvalue weighted by molar-refractivity contribution is -0.155. The van der Waals surface area contributed by atoms with E-state index in [1.165, 1.54) is 0 Å². The first-order valence-corrected chi connectivity index (χ1v) is 15.2. The van der Waals surface area contributed by atoms with Crippen LogP contribution in [0, 0.1) is 0 Å². The Morgan fingerprint density at radius 2 is 1.13 bits per heavy atom. The molecule has 0 aliphatic rings. The summed E-state index contributed by atoms with van der Waals surface area (Å²) in [5.74, 6) is -2.24. The molecular formula is C37H35N3O7. The van der Waals surface area contributed by atoms with Crippen molar-refractivity contribution in [3.8, 4) is 0 Å². The van der Waals surface area contributed by atoms with Crippen molar-refractivity contribution in [1.29, 1.82) is 0 Å². The molecule has 0 saturated heterocycles. The van der Waals surface area contributed by atoms with Gasteiger partial charge in [-0.2, -0.15) is 0 Å². The van der Waals surface area contributed by atoms with E-state index >= 15 is 0 Å². The van der Waals surface area contributed by atoms with Crippen molar-refractivity contribution >= 4 is 34.8 Å². The molecule has 1 heterocycles. The number of nitrogens with one attached hydrogen (secondary N) is 3. The van der Waals surface area contributed by atoms with E-state index in [0.29, 0.717) is 0 Å². The van der Waals surface area contributed by atoms with Crippen LogP contribution < -0.4 is 10.6 Å². The Balaban J connectivity index is 1.31. The highest BCUT2D eigenvalue weighted by Gasteiger charge is 2.31. The number of amides is 2. The number of aromatic nitrogens is 1. The van der Waals surface area contributed by atoms with Gasteiger partial charge in [0.2, 0.25) is 5.91 Å². The molecule has 3 N–H and O–H groups in total. The van der Waals surface area contributed by atoms with Crippen LogP contribution in [0.1, 0.15) is 28.7 Å².